The molecule has 0 bridgehead atoms. The summed E-state index contributed by atoms with van der Waals surface area (Å²) in [5, 5.41) is 4.88. The SMILES string of the molecule is c1ccc(-c2nc(-c3ccc4ccccc4c3)cc3ccccc23)cc1. The number of fused-ring (bicyclic) bond motifs is 2. The van der Waals surface area contributed by atoms with Gasteiger partial charge in [0.05, 0.1) is 11.4 Å². The van der Waals surface area contributed by atoms with Gasteiger partial charge in [-0.05, 0) is 28.3 Å². The summed E-state index contributed by atoms with van der Waals surface area (Å²) >= 11 is 0. The van der Waals surface area contributed by atoms with E-state index >= 15 is 0 Å². The number of aromatic nitrogens is 1. The van der Waals surface area contributed by atoms with E-state index in [9.17, 15) is 0 Å². The molecule has 122 valence electrons. The molecule has 5 rings (SSSR count). The zero-order valence-corrected chi connectivity index (χ0v) is 14.3. The van der Waals surface area contributed by atoms with Gasteiger partial charge in [-0.25, -0.2) is 4.98 Å². The number of benzene rings is 4. The monoisotopic (exact) mass is 331 g/mol. The smallest absolute Gasteiger partial charge is 0.0787 e. The summed E-state index contributed by atoms with van der Waals surface area (Å²) in [6.45, 7) is 0. The Morgan fingerprint density at radius 1 is 0.462 bits per heavy atom. The lowest BCUT2D eigenvalue weighted by Gasteiger charge is -2.11. The second-order valence-corrected chi connectivity index (χ2v) is 6.51. The lowest BCUT2D eigenvalue weighted by Crippen LogP contribution is -1.91. The third-order valence-corrected chi connectivity index (χ3v) is 4.83. The van der Waals surface area contributed by atoms with Crippen molar-refractivity contribution in [1.29, 1.82) is 0 Å². The van der Waals surface area contributed by atoms with Crippen molar-refractivity contribution in [3.63, 3.8) is 0 Å². The fourth-order valence-corrected chi connectivity index (χ4v) is 3.51. The van der Waals surface area contributed by atoms with E-state index in [2.05, 4.69) is 97.1 Å². The molecule has 5 aromatic rings. The van der Waals surface area contributed by atoms with Crippen LogP contribution in [0, 0.1) is 0 Å². The number of hydrogen-bond acceptors (Lipinski definition) is 1. The highest BCUT2D eigenvalue weighted by atomic mass is 14.7. The highest BCUT2D eigenvalue weighted by molar-refractivity contribution is 5.97. The minimum Gasteiger partial charge on any atom is -0.247 e. The molecular weight excluding hydrogens is 314 g/mol. The van der Waals surface area contributed by atoms with Crippen molar-refractivity contribution >= 4 is 21.5 Å². The van der Waals surface area contributed by atoms with Crippen LogP contribution in [-0.2, 0) is 0 Å². The first kappa shape index (κ1) is 14.9. The zero-order chi connectivity index (χ0) is 17.3. The quantitative estimate of drug-likeness (QED) is 0.350. The average molecular weight is 331 g/mol. The van der Waals surface area contributed by atoms with Crippen molar-refractivity contribution in [3.05, 3.63) is 103 Å². The molecule has 0 amide bonds. The molecule has 0 saturated carbocycles. The van der Waals surface area contributed by atoms with Gasteiger partial charge < -0.3 is 0 Å². The maximum absolute atomic E-state index is 5.05. The second kappa shape index (κ2) is 6.12. The third-order valence-electron chi connectivity index (χ3n) is 4.83. The number of nitrogens with zero attached hydrogens (tertiary/aromatic N) is 1. The summed E-state index contributed by atoms with van der Waals surface area (Å²) in [7, 11) is 0. The van der Waals surface area contributed by atoms with Crippen molar-refractivity contribution in [3.8, 4) is 22.5 Å². The molecule has 1 heteroatoms. The molecule has 26 heavy (non-hydrogen) atoms. The molecule has 1 nitrogen and oxygen atoms in total. The highest BCUT2D eigenvalue weighted by Crippen LogP contribution is 2.32. The fourth-order valence-electron chi connectivity index (χ4n) is 3.51. The van der Waals surface area contributed by atoms with Gasteiger partial charge in [0.15, 0.2) is 0 Å². The fraction of sp³-hybridized carbons (Fsp3) is 0. The largest absolute Gasteiger partial charge is 0.247 e. The van der Waals surface area contributed by atoms with E-state index in [0.29, 0.717) is 0 Å². The first-order chi connectivity index (χ1) is 12.9. The Hall–Kier alpha value is -3.45. The number of hydrogen-bond donors (Lipinski definition) is 0. The van der Waals surface area contributed by atoms with Crippen molar-refractivity contribution in [2.45, 2.75) is 0 Å². The molecule has 0 unspecified atom stereocenters. The molecule has 0 saturated heterocycles. The third kappa shape index (κ3) is 2.55. The van der Waals surface area contributed by atoms with E-state index in [4.69, 9.17) is 4.98 Å². The van der Waals surface area contributed by atoms with E-state index in [-0.39, 0.29) is 0 Å². The van der Waals surface area contributed by atoms with Gasteiger partial charge in [-0.15, -0.1) is 0 Å². The molecule has 0 aliphatic heterocycles. The Balaban J connectivity index is 1.77. The van der Waals surface area contributed by atoms with E-state index in [0.717, 1.165) is 22.5 Å². The summed E-state index contributed by atoms with van der Waals surface area (Å²) in [6.07, 6.45) is 0. The lowest BCUT2D eigenvalue weighted by molar-refractivity contribution is 1.35. The standard InChI is InChI=1S/C25H17N/c1-2-9-19(10-3-1)25-23-13-7-6-12-21(23)17-24(26-25)22-15-14-18-8-4-5-11-20(18)16-22/h1-17H. The molecule has 0 fully saturated rings. The normalized spacial score (nSPS) is 11.1. The van der Waals surface area contributed by atoms with Crippen molar-refractivity contribution in [1.82, 2.24) is 4.98 Å². The maximum atomic E-state index is 5.05. The molecule has 0 aliphatic carbocycles. The van der Waals surface area contributed by atoms with Crippen LogP contribution in [0.4, 0.5) is 0 Å². The predicted molar refractivity (Wildman–Crippen MR) is 110 cm³/mol. The van der Waals surface area contributed by atoms with Gasteiger partial charge in [0, 0.05) is 16.5 Å². The second-order valence-electron chi connectivity index (χ2n) is 6.51. The molecule has 0 radical (unpaired) electrons. The van der Waals surface area contributed by atoms with Crippen LogP contribution in [0.15, 0.2) is 103 Å². The van der Waals surface area contributed by atoms with Gasteiger partial charge in [-0.2, -0.15) is 0 Å². The maximum Gasteiger partial charge on any atom is 0.0787 e. The predicted octanol–water partition coefficient (Wildman–Crippen LogP) is 6.72. The van der Waals surface area contributed by atoms with Gasteiger partial charge in [-0.1, -0.05) is 91.0 Å². The molecule has 1 heterocycles. The van der Waals surface area contributed by atoms with E-state index < -0.39 is 0 Å². The van der Waals surface area contributed by atoms with Crippen LogP contribution in [0.3, 0.4) is 0 Å². The number of rotatable bonds is 2. The van der Waals surface area contributed by atoms with Crippen LogP contribution in [0.1, 0.15) is 0 Å². The molecule has 0 spiro atoms. The Bertz CT molecular complexity index is 1220. The molecule has 0 aliphatic rings. The van der Waals surface area contributed by atoms with Gasteiger partial charge in [0.1, 0.15) is 0 Å². The van der Waals surface area contributed by atoms with Crippen molar-refractivity contribution in [2.24, 2.45) is 0 Å². The van der Waals surface area contributed by atoms with Gasteiger partial charge in [0.2, 0.25) is 0 Å². The summed E-state index contributed by atoms with van der Waals surface area (Å²) < 4.78 is 0. The van der Waals surface area contributed by atoms with Crippen LogP contribution in [-0.4, -0.2) is 4.98 Å². The van der Waals surface area contributed by atoms with Gasteiger partial charge in [-0.3, -0.25) is 0 Å². The Morgan fingerprint density at radius 2 is 1.15 bits per heavy atom. The summed E-state index contributed by atoms with van der Waals surface area (Å²) in [6, 6.07) is 36.1. The van der Waals surface area contributed by atoms with E-state index in [1.807, 2.05) is 6.07 Å². The molecule has 0 N–H and O–H groups in total. The van der Waals surface area contributed by atoms with Crippen molar-refractivity contribution in [2.75, 3.05) is 0 Å². The summed E-state index contributed by atoms with van der Waals surface area (Å²) in [5.41, 5.74) is 4.33. The van der Waals surface area contributed by atoms with Crippen LogP contribution < -0.4 is 0 Å². The minimum atomic E-state index is 1.01. The molecular formula is C25H17N. The van der Waals surface area contributed by atoms with Crippen LogP contribution in [0.25, 0.3) is 44.1 Å². The minimum absolute atomic E-state index is 1.01. The first-order valence-corrected chi connectivity index (χ1v) is 8.83. The van der Waals surface area contributed by atoms with Crippen molar-refractivity contribution < 1.29 is 0 Å². The highest BCUT2D eigenvalue weighted by Gasteiger charge is 2.10. The molecule has 0 atom stereocenters. The Kier molecular flexibility index (Phi) is 3.50. The molecule has 1 aromatic heterocycles. The Morgan fingerprint density at radius 3 is 2.00 bits per heavy atom. The first-order valence-electron chi connectivity index (χ1n) is 8.83. The average Bonchev–Trinajstić information content (AvgIpc) is 2.73. The summed E-state index contributed by atoms with van der Waals surface area (Å²) in [5.74, 6) is 0. The van der Waals surface area contributed by atoms with Gasteiger partial charge in [0.25, 0.3) is 0 Å². The van der Waals surface area contributed by atoms with Crippen LogP contribution in [0.5, 0.6) is 0 Å². The zero-order valence-electron chi connectivity index (χ0n) is 14.3. The van der Waals surface area contributed by atoms with Crippen LogP contribution >= 0.6 is 0 Å². The molecule has 4 aromatic carbocycles. The van der Waals surface area contributed by atoms with Crippen LogP contribution in [0.2, 0.25) is 0 Å². The topological polar surface area (TPSA) is 12.9 Å². The van der Waals surface area contributed by atoms with E-state index in [1.165, 1.54) is 21.5 Å². The van der Waals surface area contributed by atoms with E-state index in [1.54, 1.807) is 0 Å². The van der Waals surface area contributed by atoms with Gasteiger partial charge >= 0.3 is 0 Å². The Labute approximate surface area is 152 Å². The summed E-state index contributed by atoms with van der Waals surface area (Å²) in [4.78, 5) is 5.05. The lowest BCUT2D eigenvalue weighted by atomic mass is 9.99. The number of pyridine rings is 1.